The predicted octanol–water partition coefficient (Wildman–Crippen LogP) is 3.06. The topological polar surface area (TPSA) is 72.3 Å². The number of nitrogens with one attached hydrogen (secondary N) is 1. The summed E-state index contributed by atoms with van der Waals surface area (Å²) in [6.07, 6.45) is -1.68. The van der Waals surface area contributed by atoms with E-state index in [1.807, 2.05) is 18.2 Å². The first-order valence-corrected chi connectivity index (χ1v) is 9.99. The van der Waals surface area contributed by atoms with Crippen molar-refractivity contribution >= 4 is 11.9 Å². The Balaban J connectivity index is 1.46. The lowest BCUT2D eigenvalue weighted by atomic mass is 9.85. The molecule has 0 aliphatic carbocycles. The highest BCUT2D eigenvalue weighted by Gasteiger charge is 2.48. The second-order valence-electron chi connectivity index (χ2n) is 7.80. The Morgan fingerprint density at radius 2 is 2.13 bits per heavy atom. The van der Waals surface area contributed by atoms with Gasteiger partial charge in [0.25, 0.3) is 0 Å². The molecular formula is C20H24F3N5O2. The number of likely N-dealkylation sites (tertiary alicyclic amines) is 1. The van der Waals surface area contributed by atoms with Crippen LogP contribution in [-0.2, 0) is 11.2 Å². The standard InChI is InChI=1S/C20H24F3N5O2/c1-30-16-7-3-2-5-13(16)9-18(29)27-8-4-6-14(11-27)15-10-17(20(21,22)23)28-19(26-15)24-12-25-28/h2-3,5,7,12,14-15,17H,4,6,8-11H2,1H3,(H,24,25,26)/t14?,15-,17+/m0/s1. The number of carbonyl (C=O) groups is 1. The van der Waals surface area contributed by atoms with Crippen LogP contribution < -0.4 is 10.1 Å². The minimum Gasteiger partial charge on any atom is -0.496 e. The number of methoxy groups -OCH3 is 1. The number of piperidine rings is 1. The average molecular weight is 423 g/mol. The van der Waals surface area contributed by atoms with Crippen LogP contribution in [0.15, 0.2) is 30.6 Å². The highest BCUT2D eigenvalue weighted by Crippen LogP contribution is 2.40. The molecule has 0 radical (unpaired) electrons. The maximum absolute atomic E-state index is 13.6. The summed E-state index contributed by atoms with van der Waals surface area (Å²) in [6, 6.07) is 5.22. The lowest BCUT2D eigenvalue weighted by molar-refractivity contribution is -0.175. The Morgan fingerprint density at radius 3 is 2.90 bits per heavy atom. The van der Waals surface area contributed by atoms with Gasteiger partial charge in [-0.05, 0) is 31.2 Å². The smallest absolute Gasteiger partial charge is 0.411 e. The number of para-hydroxylation sites is 1. The summed E-state index contributed by atoms with van der Waals surface area (Å²) in [5.74, 6) is 0.651. The number of rotatable bonds is 4. The monoisotopic (exact) mass is 423 g/mol. The van der Waals surface area contributed by atoms with E-state index in [2.05, 4.69) is 15.4 Å². The van der Waals surface area contributed by atoms with Crippen molar-refractivity contribution in [2.75, 3.05) is 25.5 Å². The Bertz CT molecular complexity index is 901. The van der Waals surface area contributed by atoms with Crippen LogP contribution in [0.25, 0.3) is 0 Å². The molecule has 1 unspecified atom stereocenters. The van der Waals surface area contributed by atoms with Crippen molar-refractivity contribution in [3.05, 3.63) is 36.2 Å². The highest BCUT2D eigenvalue weighted by molar-refractivity contribution is 5.79. The molecule has 7 nitrogen and oxygen atoms in total. The summed E-state index contributed by atoms with van der Waals surface area (Å²) in [5, 5.41) is 6.84. The fourth-order valence-corrected chi connectivity index (χ4v) is 4.42. The van der Waals surface area contributed by atoms with Crippen LogP contribution in [0.1, 0.15) is 30.9 Å². The zero-order chi connectivity index (χ0) is 21.3. The van der Waals surface area contributed by atoms with Gasteiger partial charge in [-0.25, -0.2) is 4.68 Å². The first-order valence-electron chi connectivity index (χ1n) is 9.99. The van der Waals surface area contributed by atoms with E-state index in [0.717, 1.165) is 29.4 Å². The van der Waals surface area contributed by atoms with Gasteiger partial charge in [0.05, 0.1) is 13.5 Å². The first kappa shape index (κ1) is 20.5. The maximum atomic E-state index is 13.6. The molecule has 1 saturated heterocycles. The molecule has 30 heavy (non-hydrogen) atoms. The second-order valence-corrected chi connectivity index (χ2v) is 7.80. The highest BCUT2D eigenvalue weighted by atomic mass is 19.4. The van der Waals surface area contributed by atoms with Crippen molar-refractivity contribution in [2.24, 2.45) is 5.92 Å². The van der Waals surface area contributed by atoms with Gasteiger partial charge in [-0.2, -0.15) is 23.3 Å². The molecule has 2 aromatic rings. The van der Waals surface area contributed by atoms with Crippen LogP contribution in [0.3, 0.4) is 0 Å². The zero-order valence-corrected chi connectivity index (χ0v) is 16.6. The van der Waals surface area contributed by atoms with Crippen LogP contribution in [0.2, 0.25) is 0 Å². The van der Waals surface area contributed by atoms with Crippen LogP contribution >= 0.6 is 0 Å². The number of fused-ring (bicyclic) bond motifs is 1. The van der Waals surface area contributed by atoms with E-state index in [0.29, 0.717) is 18.8 Å². The van der Waals surface area contributed by atoms with Crippen molar-refractivity contribution in [1.82, 2.24) is 19.7 Å². The van der Waals surface area contributed by atoms with Gasteiger partial charge in [-0.1, -0.05) is 18.2 Å². The third-order valence-corrected chi connectivity index (χ3v) is 5.95. The van der Waals surface area contributed by atoms with Crippen LogP contribution in [0.4, 0.5) is 19.1 Å². The third kappa shape index (κ3) is 4.08. The number of amides is 1. The molecular weight excluding hydrogens is 399 g/mol. The van der Waals surface area contributed by atoms with Gasteiger partial charge >= 0.3 is 6.18 Å². The van der Waals surface area contributed by atoms with Gasteiger partial charge in [0, 0.05) is 24.7 Å². The molecule has 3 atom stereocenters. The molecule has 0 bridgehead atoms. The minimum absolute atomic E-state index is 0.0458. The van der Waals surface area contributed by atoms with E-state index in [1.165, 1.54) is 0 Å². The predicted molar refractivity (Wildman–Crippen MR) is 103 cm³/mol. The molecule has 2 aliphatic rings. The van der Waals surface area contributed by atoms with E-state index >= 15 is 0 Å². The molecule has 1 amide bonds. The third-order valence-electron chi connectivity index (χ3n) is 5.95. The van der Waals surface area contributed by atoms with E-state index < -0.39 is 18.3 Å². The first-order chi connectivity index (χ1) is 14.4. The SMILES string of the molecule is COc1ccccc1CC(=O)N1CCCC([C@@H]2C[C@H](C(F)(F)F)n3ncnc3N2)C1. The fourth-order valence-electron chi connectivity index (χ4n) is 4.42. The molecule has 1 aromatic heterocycles. The van der Waals surface area contributed by atoms with Gasteiger partial charge in [-0.15, -0.1) is 0 Å². The number of hydrogen-bond donors (Lipinski definition) is 1. The fraction of sp³-hybridized carbons (Fsp3) is 0.550. The molecule has 3 heterocycles. The summed E-state index contributed by atoms with van der Waals surface area (Å²) in [6.45, 7) is 1.03. The van der Waals surface area contributed by atoms with Crippen LogP contribution in [0.5, 0.6) is 5.75 Å². The Labute approximate surface area is 172 Å². The van der Waals surface area contributed by atoms with E-state index in [9.17, 15) is 18.0 Å². The number of anilines is 1. The quantitative estimate of drug-likeness (QED) is 0.819. The van der Waals surface area contributed by atoms with Crippen molar-refractivity contribution in [3.8, 4) is 5.75 Å². The van der Waals surface area contributed by atoms with Crippen LogP contribution in [0, 0.1) is 5.92 Å². The summed E-state index contributed by atoms with van der Waals surface area (Å²) in [7, 11) is 1.56. The summed E-state index contributed by atoms with van der Waals surface area (Å²) in [5.41, 5.74) is 0.799. The summed E-state index contributed by atoms with van der Waals surface area (Å²) < 4.78 is 46.9. The molecule has 10 heteroatoms. The number of aromatic nitrogens is 3. The largest absolute Gasteiger partial charge is 0.496 e. The number of nitrogens with zero attached hydrogens (tertiary/aromatic N) is 4. The Hall–Kier alpha value is -2.78. The van der Waals surface area contributed by atoms with E-state index in [1.54, 1.807) is 18.1 Å². The van der Waals surface area contributed by atoms with Crippen molar-refractivity contribution in [1.29, 1.82) is 0 Å². The average Bonchev–Trinajstić information content (AvgIpc) is 3.21. The minimum atomic E-state index is -4.41. The molecule has 2 aliphatic heterocycles. The lowest BCUT2D eigenvalue weighted by Crippen LogP contribution is -2.49. The number of carbonyl (C=O) groups excluding carboxylic acids is 1. The van der Waals surface area contributed by atoms with E-state index in [4.69, 9.17) is 4.74 Å². The number of alkyl halides is 3. The molecule has 0 saturated carbocycles. The summed E-state index contributed by atoms with van der Waals surface area (Å²) in [4.78, 5) is 18.6. The van der Waals surface area contributed by atoms with E-state index in [-0.39, 0.29) is 30.6 Å². The molecule has 1 N–H and O–H groups in total. The van der Waals surface area contributed by atoms with Gasteiger partial charge < -0.3 is 15.0 Å². The lowest BCUT2D eigenvalue weighted by Gasteiger charge is -2.41. The normalized spacial score (nSPS) is 24.1. The molecule has 162 valence electrons. The van der Waals surface area contributed by atoms with Gasteiger partial charge in [0.2, 0.25) is 11.9 Å². The molecule has 1 aromatic carbocycles. The molecule has 0 spiro atoms. The molecule has 4 rings (SSSR count). The maximum Gasteiger partial charge on any atom is 0.411 e. The van der Waals surface area contributed by atoms with Gasteiger partial charge in [-0.3, -0.25) is 4.79 Å². The van der Waals surface area contributed by atoms with Crippen LogP contribution in [-0.4, -0.2) is 58.0 Å². The van der Waals surface area contributed by atoms with Crippen molar-refractivity contribution in [2.45, 2.75) is 43.9 Å². The zero-order valence-electron chi connectivity index (χ0n) is 16.6. The number of hydrogen-bond acceptors (Lipinski definition) is 5. The second kappa shape index (κ2) is 8.16. The Kier molecular flexibility index (Phi) is 5.57. The molecule has 1 fully saturated rings. The number of halogens is 3. The summed E-state index contributed by atoms with van der Waals surface area (Å²) >= 11 is 0. The number of ether oxygens (including phenoxy) is 1. The number of benzene rings is 1. The Morgan fingerprint density at radius 1 is 1.33 bits per heavy atom. The van der Waals surface area contributed by atoms with Crippen molar-refractivity contribution in [3.63, 3.8) is 0 Å². The van der Waals surface area contributed by atoms with Crippen molar-refractivity contribution < 1.29 is 22.7 Å². The van der Waals surface area contributed by atoms with Gasteiger partial charge in [0.15, 0.2) is 6.04 Å². The van der Waals surface area contributed by atoms with Gasteiger partial charge in [0.1, 0.15) is 12.1 Å².